The molecule has 0 radical (unpaired) electrons. The molecular formula is C17H15N3O. The maximum absolute atomic E-state index is 12.6. The van der Waals surface area contributed by atoms with Crippen molar-refractivity contribution in [1.82, 2.24) is 4.90 Å². The molecule has 1 fully saturated rings. The predicted molar refractivity (Wildman–Crippen MR) is 82.5 cm³/mol. The minimum atomic E-state index is -0.183. The molecule has 4 heteroatoms. The Morgan fingerprint density at radius 3 is 2.57 bits per heavy atom. The fraction of sp³-hybridized carbons (Fsp3) is 0.176. The molecule has 2 aromatic rings. The van der Waals surface area contributed by atoms with Crippen molar-refractivity contribution >= 4 is 23.2 Å². The quantitative estimate of drug-likeness (QED) is 0.803. The third-order valence-corrected chi connectivity index (χ3v) is 4.07. The predicted octanol–water partition coefficient (Wildman–Crippen LogP) is 2.93. The number of para-hydroxylation sites is 2. The van der Waals surface area contributed by atoms with Gasteiger partial charge in [0.1, 0.15) is 6.04 Å². The van der Waals surface area contributed by atoms with Crippen LogP contribution in [0.25, 0.3) is 0 Å². The lowest BCUT2D eigenvalue weighted by atomic mass is 10.1. The second-order valence-corrected chi connectivity index (χ2v) is 5.35. The molecule has 1 saturated heterocycles. The topological polar surface area (TPSA) is 35.9 Å². The molecule has 2 aliphatic heterocycles. The Morgan fingerprint density at radius 1 is 1.05 bits per heavy atom. The Labute approximate surface area is 123 Å². The molecule has 104 valence electrons. The van der Waals surface area contributed by atoms with Gasteiger partial charge >= 0.3 is 0 Å². The normalized spacial score (nSPS) is 20.1. The molecule has 21 heavy (non-hydrogen) atoms. The smallest absolute Gasteiger partial charge is 0.256 e. The number of carbonyl (C=O) groups is 1. The summed E-state index contributed by atoms with van der Waals surface area (Å²) in [6.07, 6.45) is 0. The first-order valence-corrected chi connectivity index (χ1v) is 7.08. The van der Waals surface area contributed by atoms with Gasteiger partial charge in [0.2, 0.25) is 5.96 Å². The summed E-state index contributed by atoms with van der Waals surface area (Å²) >= 11 is 0. The summed E-state index contributed by atoms with van der Waals surface area (Å²) in [5.74, 6) is 0.810. The standard InChI is InChI=1S/C17H15N3O/c1-12-16(21)20(14-8-3-2-4-9-14)17-18-15-10-6-5-7-13(15)11-19(12)17/h2-10,12H,11H2,1H3. The van der Waals surface area contributed by atoms with E-state index in [1.807, 2.05) is 55.5 Å². The second kappa shape index (κ2) is 4.45. The van der Waals surface area contributed by atoms with E-state index in [4.69, 9.17) is 4.99 Å². The van der Waals surface area contributed by atoms with Crippen LogP contribution in [0.15, 0.2) is 59.6 Å². The molecule has 0 spiro atoms. The molecule has 2 heterocycles. The molecule has 4 nitrogen and oxygen atoms in total. The van der Waals surface area contributed by atoms with Crippen molar-refractivity contribution < 1.29 is 4.79 Å². The fourth-order valence-corrected chi connectivity index (χ4v) is 2.91. The van der Waals surface area contributed by atoms with E-state index in [1.54, 1.807) is 4.90 Å². The fourth-order valence-electron chi connectivity index (χ4n) is 2.91. The summed E-state index contributed by atoms with van der Waals surface area (Å²) in [4.78, 5) is 21.1. The Hall–Kier alpha value is -2.62. The van der Waals surface area contributed by atoms with Crippen molar-refractivity contribution in [3.8, 4) is 0 Å². The highest BCUT2D eigenvalue weighted by Crippen LogP contribution is 2.34. The Balaban J connectivity index is 1.86. The molecular weight excluding hydrogens is 262 g/mol. The molecule has 4 rings (SSSR count). The zero-order valence-electron chi connectivity index (χ0n) is 11.7. The van der Waals surface area contributed by atoms with Crippen LogP contribution in [0.5, 0.6) is 0 Å². The van der Waals surface area contributed by atoms with Crippen molar-refractivity contribution in [2.45, 2.75) is 19.5 Å². The van der Waals surface area contributed by atoms with Crippen LogP contribution in [-0.4, -0.2) is 22.8 Å². The van der Waals surface area contributed by atoms with E-state index >= 15 is 0 Å². The van der Waals surface area contributed by atoms with Crippen LogP contribution in [0.4, 0.5) is 11.4 Å². The van der Waals surface area contributed by atoms with Gasteiger partial charge in [-0.25, -0.2) is 9.89 Å². The minimum absolute atomic E-state index is 0.0766. The van der Waals surface area contributed by atoms with Crippen LogP contribution in [0.2, 0.25) is 0 Å². The summed E-state index contributed by atoms with van der Waals surface area (Å²) in [6, 6.07) is 17.6. The number of rotatable bonds is 1. The van der Waals surface area contributed by atoms with Crippen molar-refractivity contribution in [2.24, 2.45) is 4.99 Å². The molecule has 0 N–H and O–H groups in total. The zero-order chi connectivity index (χ0) is 14.4. The summed E-state index contributed by atoms with van der Waals surface area (Å²) in [6.45, 7) is 2.67. The average Bonchev–Trinajstić information content (AvgIpc) is 2.77. The SMILES string of the molecule is CC1C(=O)N(c2ccccc2)C2=Nc3ccccc3CN21. The first kappa shape index (κ1) is 12.1. The van der Waals surface area contributed by atoms with Gasteiger partial charge in [-0.3, -0.25) is 4.79 Å². The number of carbonyl (C=O) groups excluding carboxylic acids is 1. The number of amides is 1. The van der Waals surface area contributed by atoms with Crippen LogP contribution < -0.4 is 4.90 Å². The number of hydrogen-bond donors (Lipinski definition) is 0. The minimum Gasteiger partial charge on any atom is -0.326 e. The molecule has 0 aromatic heterocycles. The van der Waals surface area contributed by atoms with E-state index in [1.165, 1.54) is 0 Å². The van der Waals surface area contributed by atoms with Crippen LogP contribution in [-0.2, 0) is 11.3 Å². The van der Waals surface area contributed by atoms with Gasteiger partial charge in [0, 0.05) is 6.54 Å². The van der Waals surface area contributed by atoms with Gasteiger partial charge in [-0.05, 0) is 30.7 Å². The van der Waals surface area contributed by atoms with Gasteiger partial charge in [0.25, 0.3) is 5.91 Å². The number of fused-ring (bicyclic) bond motifs is 2. The number of aliphatic imine (C=N–C) groups is 1. The maximum atomic E-state index is 12.6. The first-order valence-electron chi connectivity index (χ1n) is 7.08. The first-order chi connectivity index (χ1) is 10.3. The lowest BCUT2D eigenvalue weighted by Gasteiger charge is -2.27. The second-order valence-electron chi connectivity index (χ2n) is 5.35. The third kappa shape index (κ3) is 1.76. The van der Waals surface area contributed by atoms with Crippen LogP contribution in [0.1, 0.15) is 12.5 Å². The number of anilines is 1. The number of benzene rings is 2. The van der Waals surface area contributed by atoms with Crippen LogP contribution in [0.3, 0.4) is 0 Å². The van der Waals surface area contributed by atoms with E-state index in [2.05, 4.69) is 11.0 Å². The summed E-state index contributed by atoms with van der Waals surface area (Å²) in [5, 5.41) is 0. The van der Waals surface area contributed by atoms with E-state index in [0.717, 1.165) is 29.4 Å². The molecule has 0 aliphatic carbocycles. The van der Waals surface area contributed by atoms with Gasteiger partial charge < -0.3 is 4.90 Å². The summed E-state index contributed by atoms with van der Waals surface area (Å²) in [5.41, 5.74) is 2.98. The molecule has 0 bridgehead atoms. The Morgan fingerprint density at radius 2 is 1.76 bits per heavy atom. The summed E-state index contributed by atoms with van der Waals surface area (Å²) < 4.78 is 0. The molecule has 0 saturated carbocycles. The van der Waals surface area contributed by atoms with E-state index in [-0.39, 0.29) is 11.9 Å². The van der Waals surface area contributed by atoms with Crippen molar-refractivity contribution in [3.05, 3.63) is 60.2 Å². The van der Waals surface area contributed by atoms with Gasteiger partial charge in [-0.1, -0.05) is 36.4 Å². The lowest BCUT2D eigenvalue weighted by molar-refractivity contribution is -0.119. The van der Waals surface area contributed by atoms with Gasteiger partial charge in [-0.2, -0.15) is 0 Å². The van der Waals surface area contributed by atoms with Crippen molar-refractivity contribution in [2.75, 3.05) is 4.90 Å². The highest BCUT2D eigenvalue weighted by Gasteiger charge is 2.43. The van der Waals surface area contributed by atoms with Crippen LogP contribution >= 0.6 is 0 Å². The van der Waals surface area contributed by atoms with Crippen molar-refractivity contribution in [1.29, 1.82) is 0 Å². The van der Waals surface area contributed by atoms with E-state index in [0.29, 0.717) is 0 Å². The lowest BCUT2D eigenvalue weighted by Crippen LogP contribution is -2.36. The van der Waals surface area contributed by atoms with Gasteiger partial charge in [0.15, 0.2) is 0 Å². The zero-order valence-corrected chi connectivity index (χ0v) is 11.7. The molecule has 1 amide bonds. The Bertz CT molecular complexity index is 739. The van der Waals surface area contributed by atoms with Gasteiger partial charge in [-0.15, -0.1) is 0 Å². The van der Waals surface area contributed by atoms with Gasteiger partial charge in [0.05, 0.1) is 11.4 Å². The van der Waals surface area contributed by atoms with Crippen LogP contribution in [0, 0.1) is 0 Å². The number of guanidine groups is 1. The number of nitrogens with zero attached hydrogens (tertiary/aromatic N) is 3. The maximum Gasteiger partial charge on any atom is 0.256 e. The van der Waals surface area contributed by atoms with E-state index < -0.39 is 0 Å². The molecule has 1 unspecified atom stereocenters. The highest BCUT2D eigenvalue weighted by molar-refractivity contribution is 6.23. The number of hydrogen-bond acceptors (Lipinski definition) is 3. The molecule has 2 aromatic carbocycles. The Kier molecular flexibility index (Phi) is 2.57. The van der Waals surface area contributed by atoms with E-state index in [9.17, 15) is 4.79 Å². The average molecular weight is 277 g/mol. The molecule has 2 aliphatic rings. The monoisotopic (exact) mass is 277 g/mol. The third-order valence-electron chi connectivity index (χ3n) is 4.07. The summed E-state index contributed by atoms with van der Waals surface area (Å²) in [7, 11) is 0. The highest BCUT2D eigenvalue weighted by atomic mass is 16.2. The van der Waals surface area contributed by atoms with Crippen molar-refractivity contribution in [3.63, 3.8) is 0 Å². The molecule has 1 atom stereocenters. The largest absolute Gasteiger partial charge is 0.326 e.